The van der Waals surface area contributed by atoms with E-state index in [9.17, 15) is 9.90 Å². The van der Waals surface area contributed by atoms with Gasteiger partial charge >= 0.3 is 0 Å². The van der Waals surface area contributed by atoms with Gasteiger partial charge in [0.25, 0.3) is 0 Å². The first-order valence-corrected chi connectivity index (χ1v) is 10.9. The summed E-state index contributed by atoms with van der Waals surface area (Å²) in [5, 5.41) is 11.7. The minimum atomic E-state index is -0.913. The molecular formula is C27H33NO2. The van der Waals surface area contributed by atoms with Crippen molar-refractivity contribution in [1.29, 1.82) is 0 Å². The number of aromatic amines is 1. The summed E-state index contributed by atoms with van der Waals surface area (Å²) in [4.78, 5) is 16.2. The number of fused-ring (bicyclic) bond motifs is 3. The van der Waals surface area contributed by atoms with Gasteiger partial charge < -0.3 is 10.1 Å². The number of H-pyrrole nitrogens is 1. The van der Waals surface area contributed by atoms with Crippen LogP contribution in [0.5, 0.6) is 0 Å². The minimum absolute atomic E-state index is 0.119. The average Bonchev–Trinajstić information content (AvgIpc) is 3.05. The predicted molar refractivity (Wildman–Crippen MR) is 123 cm³/mol. The van der Waals surface area contributed by atoms with Crippen molar-refractivity contribution in [3.8, 4) is 0 Å². The fourth-order valence-corrected chi connectivity index (χ4v) is 5.46. The molecule has 3 heteroatoms. The number of carbonyl (C=O) groups excluding carboxylic acids is 1. The zero-order valence-electron chi connectivity index (χ0n) is 19.2. The van der Waals surface area contributed by atoms with Gasteiger partial charge in [-0.2, -0.15) is 0 Å². The third-order valence-corrected chi connectivity index (χ3v) is 7.63. The van der Waals surface area contributed by atoms with Gasteiger partial charge in [-0.3, -0.25) is 4.79 Å². The van der Waals surface area contributed by atoms with E-state index in [0.29, 0.717) is 5.92 Å². The first-order valence-electron chi connectivity index (χ1n) is 10.9. The third-order valence-electron chi connectivity index (χ3n) is 7.63. The third kappa shape index (κ3) is 2.94. The Morgan fingerprint density at radius 3 is 2.53 bits per heavy atom. The maximum Gasteiger partial charge on any atom is 0.138 e. The molecule has 158 valence electrons. The van der Waals surface area contributed by atoms with Gasteiger partial charge in [0.15, 0.2) is 0 Å². The van der Waals surface area contributed by atoms with Crippen molar-refractivity contribution >= 4 is 16.7 Å². The van der Waals surface area contributed by atoms with E-state index in [1.54, 1.807) is 20.8 Å². The smallest absolute Gasteiger partial charge is 0.138 e. The molecule has 0 spiro atoms. The lowest BCUT2D eigenvalue weighted by Crippen LogP contribution is -2.39. The van der Waals surface area contributed by atoms with Crippen LogP contribution in [0.3, 0.4) is 0 Å². The summed E-state index contributed by atoms with van der Waals surface area (Å²) in [6, 6.07) is 12.7. The number of aryl methyl sites for hydroxylation is 1. The number of Topliss-reactive ketones (excluding diaryl/α,β-unsaturated/α-hetero) is 1. The maximum absolute atomic E-state index is 12.6. The molecule has 3 aromatic rings. The Bertz CT molecular complexity index is 1150. The number of ketones is 1. The van der Waals surface area contributed by atoms with Crippen molar-refractivity contribution in [1.82, 2.24) is 4.98 Å². The summed E-state index contributed by atoms with van der Waals surface area (Å²) in [6.45, 7) is 14.3. The van der Waals surface area contributed by atoms with Crippen LogP contribution in [0, 0.1) is 19.8 Å². The number of benzene rings is 2. The summed E-state index contributed by atoms with van der Waals surface area (Å²) in [6.07, 6.45) is 0.831. The highest BCUT2D eigenvalue weighted by Gasteiger charge is 2.47. The normalized spacial score (nSPS) is 24.1. The second kappa shape index (κ2) is 6.81. The molecule has 0 saturated carbocycles. The van der Waals surface area contributed by atoms with Crippen LogP contribution in [0.4, 0.5) is 0 Å². The average molecular weight is 404 g/mol. The highest BCUT2D eigenvalue weighted by atomic mass is 16.3. The Morgan fingerprint density at radius 2 is 1.90 bits per heavy atom. The molecule has 0 saturated heterocycles. The largest absolute Gasteiger partial charge is 0.386 e. The predicted octanol–water partition coefficient (Wildman–Crippen LogP) is 6.03. The van der Waals surface area contributed by atoms with E-state index >= 15 is 0 Å². The van der Waals surface area contributed by atoms with Gasteiger partial charge in [-0.05, 0) is 80.8 Å². The molecule has 0 aliphatic heterocycles. The second-order valence-corrected chi connectivity index (χ2v) is 9.98. The molecule has 1 aromatic heterocycles. The highest BCUT2D eigenvalue weighted by molar-refractivity contribution is 5.92. The maximum atomic E-state index is 12.6. The van der Waals surface area contributed by atoms with Gasteiger partial charge in [0.1, 0.15) is 5.78 Å². The number of carbonyl (C=O) groups is 1. The molecule has 1 heterocycles. The molecular weight excluding hydrogens is 370 g/mol. The van der Waals surface area contributed by atoms with Crippen LogP contribution >= 0.6 is 0 Å². The van der Waals surface area contributed by atoms with Crippen LogP contribution in [-0.4, -0.2) is 15.9 Å². The Morgan fingerprint density at radius 1 is 1.20 bits per heavy atom. The fourth-order valence-electron chi connectivity index (χ4n) is 5.46. The van der Waals surface area contributed by atoms with E-state index in [4.69, 9.17) is 0 Å². The lowest BCUT2D eigenvalue weighted by molar-refractivity contribution is -0.119. The monoisotopic (exact) mass is 403 g/mol. The second-order valence-electron chi connectivity index (χ2n) is 9.98. The fraction of sp³-hybridized carbons (Fsp3) is 0.444. The molecule has 0 amide bonds. The number of nitrogens with one attached hydrogen (secondary N) is 1. The van der Waals surface area contributed by atoms with E-state index < -0.39 is 5.60 Å². The number of hydrogen-bond donors (Lipinski definition) is 2. The van der Waals surface area contributed by atoms with Gasteiger partial charge in [-0.25, -0.2) is 0 Å². The summed E-state index contributed by atoms with van der Waals surface area (Å²) in [5.74, 6) is 0.402. The first-order chi connectivity index (χ1) is 14.0. The molecule has 0 bridgehead atoms. The Kier molecular flexibility index (Phi) is 4.74. The SMILES string of the molecule is CC(=O)C1CC(C)C(C)(c2cccc(C)c2C)c2c1[nH]c1cc(C(C)(C)O)ccc21. The van der Waals surface area contributed by atoms with E-state index in [0.717, 1.165) is 28.6 Å². The van der Waals surface area contributed by atoms with E-state index in [1.807, 2.05) is 12.1 Å². The molecule has 3 atom stereocenters. The summed E-state index contributed by atoms with van der Waals surface area (Å²) in [5.41, 5.74) is 6.99. The van der Waals surface area contributed by atoms with Gasteiger partial charge in [0, 0.05) is 22.0 Å². The topological polar surface area (TPSA) is 53.1 Å². The highest BCUT2D eigenvalue weighted by Crippen LogP contribution is 2.53. The van der Waals surface area contributed by atoms with Crippen molar-refractivity contribution in [3.05, 3.63) is 69.9 Å². The van der Waals surface area contributed by atoms with E-state index in [-0.39, 0.29) is 17.1 Å². The quantitative estimate of drug-likeness (QED) is 0.561. The molecule has 4 rings (SSSR count). The molecule has 30 heavy (non-hydrogen) atoms. The minimum Gasteiger partial charge on any atom is -0.386 e. The molecule has 0 radical (unpaired) electrons. The van der Waals surface area contributed by atoms with Crippen LogP contribution in [0.1, 0.15) is 80.5 Å². The summed E-state index contributed by atoms with van der Waals surface area (Å²) >= 11 is 0. The van der Waals surface area contributed by atoms with Gasteiger partial charge in [-0.1, -0.05) is 44.2 Å². The Hall–Kier alpha value is -2.39. The molecule has 1 aliphatic rings. The number of rotatable bonds is 3. The zero-order chi connectivity index (χ0) is 22.0. The zero-order valence-corrected chi connectivity index (χ0v) is 19.2. The number of aliphatic hydroxyl groups is 1. The molecule has 0 fully saturated rings. The molecule has 3 unspecified atom stereocenters. The molecule has 2 aromatic carbocycles. The summed E-state index contributed by atoms with van der Waals surface area (Å²) < 4.78 is 0. The van der Waals surface area contributed by atoms with Crippen molar-refractivity contribution in [3.63, 3.8) is 0 Å². The van der Waals surface area contributed by atoms with Crippen molar-refractivity contribution in [2.75, 3.05) is 0 Å². The van der Waals surface area contributed by atoms with E-state index in [2.05, 4.69) is 56.9 Å². The van der Waals surface area contributed by atoms with Crippen molar-refractivity contribution < 1.29 is 9.90 Å². The standard InChI is InChI=1S/C27H33NO2/c1-15-9-8-10-22(17(15)3)27(7)16(2)13-21(18(4)29)25-24(27)20-12-11-19(26(5,6)30)14-23(20)28-25/h8-12,14,16,21,28,30H,13H2,1-7H3. The van der Waals surface area contributed by atoms with Crippen molar-refractivity contribution in [2.45, 2.75) is 71.8 Å². The lowest BCUT2D eigenvalue weighted by atomic mass is 9.59. The van der Waals surface area contributed by atoms with Gasteiger partial charge in [-0.15, -0.1) is 0 Å². The Labute approximate surface area is 179 Å². The first kappa shape index (κ1) is 20.9. The van der Waals surface area contributed by atoms with Gasteiger partial charge in [0.05, 0.1) is 11.5 Å². The lowest BCUT2D eigenvalue weighted by Gasteiger charge is -2.44. The molecule has 3 nitrogen and oxygen atoms in total. The van der Waals surface area contributed by atoms with Crippen molar-refractivity contribution in [2.24, 2.45) is 5.92 Å². The number of hydrogen-bond acceptors (Lipinski definition) is 2. The Balaban J connectivity index is 2.07. The van der Waals surface area contributed by atoms with Crippen LogP contribution < -0.4 is 0 Å². The molecule has 1 aliphatic carbocycles. The van der Waals surface area contributed by atoms with Gasteiger partial charge in [0.2, 0.25) is 0 Å². The number of aromatic nitrogens is 1. The summed E-state index contributed by atoms with van der Waals surface area (Å²) in [7, 11) is 0. The van der Waals surface area contributed by atoms with Crippen LogP contribution in [0.15, 0.2) is 36.4 Å². The van der Waals surface area contributed by atoms with E-state index in [1.165, 1.54) is 22.3 Å². The van der Waals surface area contributed by atoms with Crippen LogP contribution in [-0.2, 0) is 15.8 Å². The van der Waals surface area contributed by atoms with Crippen LogP contribution in [0.2, 0.25) is 0 Å². The molecule has 2 N–H and O–H groups in total. The van der Waals surface area contributed by atoms with Crippen LogP contribution in [0.25, 0.3) is 10.9 Å².